The fourth-order valence-corrected chi connectivity index (χ4v) is 1.65. The lowest BCUT2D eigenvalue weighted by atomic mass is 10.1. The summed E-state index contributed by atoms with van der Waals surface area (Å²) in [6.07, 6.45) is 0.415. The minimum atomic E-state index is -0.0305. The molecule has 1 N–H and O–H groups in total. The van der Waals surface area contributed by atoms with E-state index in [4.69, 9.17) is 0 Å². The number of carbonyl (C=O) groups excluding carboxylic acids is 2. The molecular weight excluding hydrogens is 180 g/mol. The summed E-state index contributed by atoms with van der Waals surface area (Å²) in [5.41, 5.74) is 0. The van der Waals surface area contributed by atoms with Crippen molar-refractivity contribution in [3.8, 4) is 0 Å². The first-order valence-corrected chi connectivity index (χ1v) is 5.07. The molecule has 0 radical (unpaired) electrons. The van der Waals surface area contributed by atoms with Crippen molar-refractivity contribution >= 4 is 11.8 Å². The van der Waals surface area contributed by atoms with Gasteiger partial charge >= 0.3 is 0 Å². The zero-order chi connectivity index (χ0) is 10.7. The zero-order valence-corrected chi connectivity index (χ0v) is 9.04. The van der Waals surface area contributed by atoms with E-state index < -0.39 is 0 Å². The summed E-state index contributed by atoms with van der Waals surface area (Å²) >= 11 is 0. The van der Waals surface area contributed by atoms with Gasteiger partial charge in [-0.3, -0.25) is 9.59 Å². The molecule has 0 aromatic heterocycles. The normalized spacial score (nSPS) is 23.7. The van der Waals surface area contributed by atoms with E-state index in [1.54, 1.807) is 4.90 Å². The first kappa shape index (κ1) is 11.0. The van der Waals surface area contributed by atoms with Gasteiger partial charge in [0.2, 0.25) is 11.8 Å². The van der Waals surface area contributed by atoms with E-state index >= 15 is 0 Å². The molecule has 4 heteroatoms. The number of carbonyl (C=O) groups is 2. The fourth-order valence-electron chi connectivity index (χ4n) is 1.65. The maximum Gasteiger partial charge on any atom is 0.242 e. The summed E-state index contributed by atoms with van der Waals surface area (Å²) in [7, 11) is 0. The highest BCUT2D eigenvalue weighted by Crippen LogP contribution is 2.10. The van der Waals surface area contributed by atoms with Gasteiger partial charge in [0.25, 0.3) is 0 Å². The summed E-state index contributed by atoms with van der Waals surface area (Å²) in [6, 6.07) is 0.0207. The van der Waals surface area contributed by atoms with Crippen LogP contribution in [-0.4, -0.2) is 35.8 Å². The van der Waals surface area contributed by atoms with Crippen LogP contribution in [0.4, 0.5) is 0 Å². The minimum absolute atomic E-state index is 0.0207. The molecule has 1 saturated heterocycles. The van der Waals surface area contributed by atoms with Gasteiger partial charge < -0.3 is 10.2 Å². The molecule has 80 valence electrons. The molecule has 1 aliphatic rings. The minimum Gasteiger partial charge on any atom is -0.347 e. The van der Waals surface area contributed by atoms with Gasteiger partial charge in [0.05, 0.1) is 6.54 Å². The monoisotopic (exact) mass is 198 g/mol. The van der Waals surface area contributed by atoms with Crippen molar-refractivity contribution in [3.05, 3.63) is 0 Å². The Kier molecular flexibility index (Phi) is 3.49. The molecule has 0 aromatic carbocycles. The van der Waals surface area contributed by atoms with E-state index in [0.29, 0.717) is 12.3 Å². The number of amides is 2. The average Bonchev–Trinajstić information content (AvgIpc) is 2.18. The van der Waals surface area contributed by atoms with Gasteiger partial charge in [-0.1, -0.05) is 13.8 Å². The number of hydrogen-bond donors (Lipinski definition) is 1. The van der Waals surface area contributed by atoms with Crippen LogP contribution in [0.25, 0.3) is 0 Å². The number of nitrogens with one attached hydrogen (secondary N) is 1. The van der Waals surface area contributed by atoms with E-state index in [0.717, 1.165) is 6.54 Å². The van der Waals surface area contributed by atoms with Crippen molar-refractivity contribution in [1.82, 2.24) is 10.2 Å². The Morgan fingerprint density at radius 1 is 1.50 bits per heavy atom. The predicted molar refractivity (Wildman–Crippen MR) is 53.6 cm³/mol. The quantitative estimate of drug-likeness (QED) is 0.697. The van der Waals surface area contributed by atoms with Gasteiger partial charge in [0.1, 0.15) is 0 Å². The van der Waals surface area contributed by atoms with Crippen molar-refractivity contribution in [2.75, 3.05) is 13.1 Å². The van der Waals surface area contributed by atoms with Crippen molar-refractivity contribution in [2.24, 2.45) is 5.92 Å². The van der Waals surface area contributed by atoms with E-state index in [2.05, 4.69) is 19.2 Å². The third-order valence-electron chi connectivity index (χ3n) is 2.33. The first-order valence-electron chi connectivity index (χ1n) is 5.07. The molecule has 1 rings (SSSR count). The molecular formula is C10H18N2O2. The molecule has 0 saturated carbocycles. The van der Waals surface area contributed by atoms with Crippen molar-refractivity contribution < 1.29 is 9.59 Å². The van der Waals surface area contributed by atoms with Crippen molar-refractivity contribution in [2.45, 2.75) is 33.2 Å². The van der Waals surface area contributed by atoms with E-state index in [9.17, 15) is 9.59 Å². The van der Waals surface area contributed by atoms with Crippen LogP contribution in [-0.2, 0) is 9.59 Å². The fraction of sp³-hybridized carbons (Fsp3) is 0.800. The van der Waals surface area contributed by atoms with Gasteiger partial charge in [-0.05, 0) is 12.8 Å². The third kappa shape index (κ3) is 2.72. The molecule has 4 nitrogen and oxygen atoms in total. The van der Waals surface area contributed by atoms with Gasteiger partial charge in [0.15, 0.2) is 0 Å². The highest BCUT2D eigenvalue weighted by Gasteiger charge is 2.26. The van der Waals surface area contributed by atoms with Crippen LogP contribution < -0.4 is 5.32 Å². The second-order valence-corrected chi connectivity index (χ2v) is 4.27. The second-order valence-electron chi connectivity index (χ2n) is 4.27. The predicted octanol–water partition coefficient (Wildman–Crippen LogP) is 0.379. The molecule has 1 unspecified atom stereocenters. The summed E-state index contributed by atoms with van der Waals surface area (Å²) in [5, 5.41) is 2.60. The molecule has 14 heavy (non-hydrogen) atoms. The summed E-state index contributed by atoms with van der Waals surface area (Å²) < 4.78 is 0. The maximum atomic E-state index is 11.6. The number of hydrogen-bond acceptors (Lipinski definition) is 2. The SMILES string of the molecule is CC(C)CN1C(=O)CNC(=O)CC1C. The average molecular weight is 198 g/mol. The summed E-state index contributed by atoms with van der Waals surface area (Å²) in [5.74, 6) is 0.434. The lowest BCUT2D eigenvalue weighted by Crippen LogP contribution is -2.41. The lowest BCUT2D eigenvalue weighted by Gasteiger charge is -2.27. The highest BCUT2D eigenvalue weighted by atomic mass is 16.2. The molecule has 1 fully saturated rings. The smallest absolute Gasteiger partial charge is 0.242 e. The van der Waals surface area contributed by atoms with Gasteiger partial charge in [-0.2, -0.15) is 0 Å². The van der Waals surface area contributed by atoms with Crippen LogP contribution in [0, 0.1) is 5.92 Å². The zero-order valence-electron chi connectivity index (χ0n) is 9.04. The molecule has 0 spiro atoms. The molecule has 0 bridgehead atoms. The molecule has 1 atom stereocenters. The van der Waals surface area contributed by atoms with Crippen LogP contribution in [0.15, 0.2) is 0 Å². The van der Waals surface area contributed by atoms with Crippen LogP contribution in [0.2, 0.25) is 0 Å². The second kappa shape index (κ2) is 4.44. The molecule has 1 aliphatic heterocycles. The number of rotatable bonds is 2. The van der Waals surface area contributed by atoms with Gasteiger partial charge in [-0.15, -0.1) is 0 Å². The van der Waals surface area contributed by atoms with Crippen molar-refractivity contribution in [3.63, 3.8) is 0 Å². The summed E-state index contributed by atoms with van der Waals surface area (Å²) in [4.78, 5) is 24.6. The van der Waals surface area contributed by atoms with Gasteiger partial charge in [0, 0.05) is 19.0 Å². The Balaban J connectivity index is 2.68. The molecule has 0 aliphatic carbocycles. The Morgan fingerprint density at radius 2 is 2.14 bits per heavy atom. The molecule has 0 aromatic rings. The topological polar surface area (TPSA) is 49.4 Å². The first-order chi connectivity index (χ1) is 6.50. The standard InChI is InChI=1S/C10H18N2O2/c1-7(2)6-12-8(3)4-9(13)11-5-10(12)14/h7-8H,4-6H2,1-3H3,(H,11,13). The largest absolute Gasteiger partial charge is 0.347 e. The lowest BCUT2D eigenvalue weighted by molar-refractivity contribution is -0.132. The van der Waals surface area contributed by atoms with Crippen LogP contribution in [0.3, 0.4) is 0 Å². The molecule has 1 heterocycles. The van der Waals surface area contributed by atoms with E-state index in [-0.39, 0.29) is 24.4 Å². The van der Waals surface area contributed by atoms with Gasteiger partial charge in [-0.25, -0.2) is 0 Å². The van der Waals surface area contributed by atoms with Crippen LogP contribution in [0.1, 0.15) is 27.2 Å². The Morgan fingerprint density at radius 3 is 2.71 bits per heavy atom. The van der Waals surface area contributed by atoms with Crippen LogP contribution >= 0.6 is 0 Å². The Labute approximate surface area is 84.7 Å². The number of nitrogens with zero attached hydrogens (tertiary/aromatic N) is 1. The molecule has 2 amide bonds. The Bertz CT molecular complexity index is 238. The summed E-state index contributed by atoms with van der Waals surface area (Å²) in [6.45, 7) is 6.94. The third-order valence-corrected chi connectivity index (χ3v) is 2.33. The van der Waals surface area contributed by atoms with E-state index in [1.165, 1.54) is 0 Å². The van der Waals surface area contributed by atoms with Crippen LogP contribution in [0.5, 0.6) is 0 Å². The highest BCUT2D eigenvalue weighted by molar-refractivity contribution is 5.87. The maximum absolute atomic E-state index is 11.6. The van der Waals surface area contributed by atoms with Crippen molar-refractivity contribution in [1.29, 1.82) is 0 Å². The van der Waals surface area contributed by atoms with E-state index in [1.807, 2.05) is 6.92 Å². The Hall–Kier alpha value is -1.06.